The van der Waals surface area contributed by atoms with Crippen molar-refractivity contribution < 1.29 is 18.7 Å². The molecule has 188 valence electrons. The fraction of sp³-hybridized carbons (Fsp3) is 0.296. The van der Waals surface area contributed by atoms with Crippen molar-refractivity contribution in [3.05, 3.63) is 80.7 Å². The molecular formula is C27H27Cl2N3O4. The van der Waals surface area contributed by atoms with Crippen LogP contribution in [-0.2, 0) is 6.42 Å². The van der Waals surface area contributed by atoms with Crippen LogP contribution in [0, 0.1) is 6.92 Å². The van der Waals surface area contributed by atoms with Crippen molar-refractivity contribution in [3.8, 4) is 5.75 Å². The van der Waals surface area contributed by atoms with Gasteiger partial charge in [0.25, 0.3) is 11.8 Å². The van der Waals surface area contributed by atoms with E-state index in [1.807, 2.05) is 19.1 Å². The third kappa shape index (κ3) is 5.91. The predicted molar refractivity (Wildman–Crippen MR) is 142 cm³/mol. The molecule has 0 bridgehead atoms. The number of unbranched alkanes of at least 4 members (excludes halogenated alkanes) is 1. The van der Waals surface area contributed by atoms with Crippen molar-refractivity contribution in [1.82, 2.24) is 5.43 Å². The van der Waals surface area contributed by atoms with E-state index in [2.05, 4.69) is 22.8 Å². The van der Waals surface area contributed by atoms with Gasteiger partial charge < -0.3 is 14.5 Å². The summed E-state index contributed by atoms with van der Waals surface area (Å²) in [6.07, 6.45) is 4.17. The SMILES string of the molecule is CCCCOc1ccc(NC(=O)c2oc3c(c2C)/C(=N/NC(=O)c2ccc(Cl)cc2Cl)CCC3)cc1. The number of halogens is 2. The van der Waals surface area contributed by atoms with Crippen LogP contribution in [-0.4, -0.2) is 24.1 Å². The Balaban J connectivity index is 1.48. The summed E-state index contributed by atoms with van der Waals surface area (Å²) >= 11 is 12.0. The molecule has 3 aromatic rings. The number of amides is 2. The van der Waals surface area contributed by atoms with Crippen LogP contribution in [0.1, 0.15) is 70.4 Å². The van der Waals surface area contributed by atoms with Gasteiger partial charge in [-0.1, -0.05) is 36.5 Å². The van der Waals surface area contributed by atoms with Crippen LogP contribution in [0.2, 0.25) is 10.0 Å². The van der Waals surface area contributed by atoms with Gasteiger partial charge in [-0.2, -0.15) is 5.10 Å². The lowest BCUT2D eigenvalue weighted by atomic mass is 9.93. The van der Waals surface area contributed by atoms with E-state index in [9.17, 15) is 9.59 Å². The van der Waals surface area contributed by atoms with E-state index in [1.54, 1.807) is 24.3 Å². The highest BCUT2D eigenvalue weighted by atomic mass is 35.5. The molecule has 0 atom stereocenters. The van der Waals surface area contributed by atoms with Gasteiger partial charge in [-0.15, -0.1) is 0 Å². The molecule has 9 heteroatoms. The normalized spacial score (nSPS) is 13.8. The summed E-state index contributed by atoms with van der Waals surface area (Å²) in [5, 5.41) is 7.90. The smallest absolute Gasteiger partial charge is 0.291 e. The molecule has 2 amide bonds. The van der Waals surface area contributed by atoms with Crippen molar-refractivity contribution in [3.63, 3.8) is 0 Å². The standard InChI is InChI=1S/C27H27Cl2N3O4/c1-3-4-14-35-19-11-9-18(10-12-19)30-27(34)25-16(2)24-22(6-5-7-23(24)36-25)31-32-26(33)20-13-8-17(28)15-21(20)29/h8-13,15H,3-7,14H2,1-2H3,(H,30,34)(H,32,33)/b31-22+. The van der Waals surface area contributed by atoms with E-state index < -0.39 is 5.91 Å². The highest BCUT2D eigenvalue weighted by Gasteiger charge is 2.28. The van der Waals surface area contributed by atoms with Crippen LogP contribution < -0.4 is 15.5 Å². The lowest BCUT2D eigenvalue weighted by Gasteiger charge is -2.13. The maximum absolute atomic E-state index is 13.0. The number of ether oxygens (including phenoxy) is 1. The van der Waals surface area contributed by atoms with Gasteiger partial charge in [0.15, 0.2) is 5.76 Å². The number of anilines is 1. The summed E-state index contributed by atoms with van der Waals surface area (Å²) in [5.74, 6) is 0.871. The number of carbonyl (C=O) groups is 2. The van der Waals surface area contributed by atoms with E-state index in [0.717, 1.165) is 30.6 Å². The number of rotatable bonds is 8. The van der Waals surface area contributed by atoms with Gasteiger partial charge in [0, 0.05) is 28.3 Å². The maximum atomic E-state index is 13.0. The first-order chi connectivity index (χ1) is 17.4. The van der Waals surface area contributed by atoms with Gasteiger partial charge in [0.05, 0.1) is 22.9 Å². The summed E-state index contributed by atoms with van der Waals surface area (Å²) in [5.41, 5.74) is 5.57. The zero-order valence-corrected chi connectivity index (χ0v) is 21.6. The zero-order valence-electron chi connectivity index (χ0n) is 20.1. The molecule has 36 heavy (non-hydrogen) atoms. The molecule has 4 rings (SSSR count). The minimum absolute atomic E-state index is 0.227. The number of fused-ring (bicyclic) bond motifs is 1. The van der Waals surface area contributed by atoms with Crippen LogP contribution in [0.4, 0.5) is 5.69 Å². The van der Waals surface area contributed by atoms with Gasteiger partial charge in [-0.3, -0.25) is 9.59 Å². The molecule has 0 radical (unpaired) electrons. The maximum Gasteiger partial charge on any atom is 0.291 e. The molecule has 0 saturated carbocycles. The second-order valence-corrected chi connectivity index (χ2v) is 9.36. The molecule has 0 aliphatic heterocycles. The molecule has 1 heterocycles. The van der Waals surface area contributed by atoms with E-state index in [4.69, 9.17) is 32.4 Å². The molecule has 1 aromatic heterocycles. The second-order valence-electron chi connectivity index (χ2n) is 8.51. The van der Waals surface area contributed by atoms with Gasteiger partial charge in [0.1, 0.15) is 11.5 Å². The Hall–Kier alpha value is -3.29. The Kier molecular flexibility index (Phi) is 8.33. The molecule has 1 aliphatic rings. The largest absolute Gasteiger partial charge is 0.494 e. The zero-order chi connectivity index (χ0) is 25.7. The average Bonchev–Trinajstić information content (AvgIpc) is 3.21. The van der Waals surface area contributed by atoms with Gasteiger partial charge in [-0.25, -0.2) is 5.43 Å². The van der Waals surface area contributed by atoms with Crippen LogP contribution >= 0.6 is 23.2 Å². The lowest BCUT2D eigenvalue weighted by molar-refractivity contribution is 0.0953. The minimum atomic E-state index is -0.447. The first-order valence-corrected chi connectivity index (χ1v) is 12.6. The van der Waals surface area contributed by atoms with Crippen molar-refractivity contribution in [2.24, 2.45) is 5.10 Å². The van der Waals surface area contributed by atoms with Crippen molar-refractivity contribution in [2.45, 2.75) is 46.0 Å². The quantitative estimate of drug-likeness (QED) is 0.249. The summed E-state index contributed by atoms with van der Waals surface area (Å²) < 4.78 is 11.6. The van der Waals surface area contributed by atoms with E-state index in [0.29, 0.717) is 47.2 Å². The number of benzene rings is 2. The Morgan fingerprint density at radius 3 is 2.58 bits per heavy atom. The summed E-state index contributed by atoms with van der Waals surface area (Å²) in [4.78, 5) is 25.6. The number of nitrogens with one attached hydrogen (secondary N) is 2. The molecule has 7 nitrogen and oxygen atoms in total. The minimum Gasteiger partial charge on any atom is -0.494 e. The van der Waals surface area contributed by atoms with Crippen molar-refractivity contribution >= 4 is 46.4 Å². The van der Waals surface area contributed by atoms with Crippen molar-refractivity contribution in [1.29, 1.82) is 0 Å². The molecule has 2 aromatic carbocycles. The lowest BCUT2D eigenvalue weighted by Crippen LogP contribution is -2.22. The van der Waals surface area contributed by atoms with E-state index in [1.165, 1.54) is 6.07 Å². The second kappa shape index (κ2) is 11.6. The number of hydrogen-bond acceptors (Lipinski definition) is 5. The molecule has 0 unspecified atom stereocenters. The fourth-order valence-electron chi connectivity index (χ4n) is 4.01. The molecular weight excluding hydrogens is 501 g/mol. The number of aryl methyl sites for hydroxylation is 1. The van der Waals surface area contributed by atoms with Crippen LogP contribution in [0.25, 0.3) is 0 Å². The number of hydrogen-bond donors (Lipinski definition) is 2. The van der Waals surface area contributed by atoms with Gasteiger partial charge >= 0.3 is 0 Å². The molecule has 1 aliphatic carbocycles. The van der Waals surface area contributed by atoms with E-state index in [-0.39, 0.29) is 22.3 Å². The number of carbonyl (C=O) groups excluding carboxylic acids is 2. The van der Waals surface area contributed by atoms with E-state index >= 15 is 0 Å². The average molecular weight is 528 g/mol. The third-order valence-corrected chi connectivity index (χ3v) is 6.43. The summed E-state index contributed by atoms with van der Waals surface area (Å²) in [7, 11) is 0. The number of hydrazone groups is 1. The number of furan rings is 1. The first-order valence-electron chi connectivity index (χ1n) is 11.9. The predicted octanol–water partition coefficient (Wildman–Crippen LogP) is 6.80. The molecule has 0 saturated heterocycles. The summed E-state index contributed by atoms with van der Waals surface area (Å²) in [6.45, 7) is 4.59. The Bertz CT molecular complexity index is 1300. The van der Waals surface area contributed by atoms with Gasteiger partial charge in [-0.05, 0) is 68.7 Å². The van der Waals surface area contributed by atoms with Crippen LogP contribution in [0.15, 0.2) is 52.0 Å². The Morgan fingerprint density at radius 1 is 1.08 bits per heavy atom. The molecule has 0 fully saturated rings. The van der Waals surface area contributed by atoms with Crippen LogP contribution in [0.5, 0.6) is 5.75 Å². The first kappa shape index (κ1) is 25.8. The molecule has 2 N–H and O–H groups in total. The highest BCUT2D eigenvalue weighted by Crippen LogP contribution is 2.30. The molecule has 0 spiro atoms. The third-order valence-electron chi connectivity index (χ3n) is 5.88. The Labute approximate surface area is 219 Å². The monoisotopic (exact) mass is 527 g/mol. The topological polar surface area (TPSA) is 92.9 Å². The highest BCUT2D eigenvalue weighted by molar-refractivity contribution is 6.36. The van der Waals surface area contributed by atoms with Gasteiger partial charge in [0.2, 0.25) is 0 Å². The van der Waals surface area contributed by atoms with Crippen LogP contribution in [0.3, 0.4) is 0 Å². The summed E-state index contributed by atoms with van der Waals surface area (Å²) in [6, 6.07) is 11.9. The number of nitrogens with zero attached hydrogens (tertiary/aromatic N) is 1. The fourth-order valence-corrected chi connectivity index (χ4v) is 4.50. The van der Waals surface area contributed by atoms with Crippen molar-refractivity contribution in [2.75, 3.05) is 11.9 Å². The Morgan fingerprint density at radius 2 is 1.86 bits per heavy atom.